The van der Waals surface area contributed by atoms with E-state index in [0.29, 0.717) is 42.4 Å². The maximum atomic E-state index is 12.2. The number of hydrogen-bond acceptors (Lipinski definition) is 7. The Morgan fingerprint density at radius 1 is 1.15 bits per heavy atom. The van der Waals surface area contributed by atoms with Crippen molar-refractivity contribution in [2.45, 2.75) is 31.3 Å². The van der Waals surface area contributed by atoms with Gasteiger partial charge in [0.25, 0.3) is 0 Å². The number of nitrogens with one attached hydrogen (secondary N) is 1. The minimum atomic E-state index is -3.40. The molecule has 4 aromatic heterocycles. The highest BCUT2D eigenvalue weighted by Crippen LogP contribution is 2.32. The zero-order valence-corrected chi connectivity index (χ0v) is 19.4. The minimum absolute atomic E-state index is 0.00412. The van der Waals surface area contributed by atoms with Gasteiger partial charge in [0.15, 0.2) is 20.6 Å². The molecule has 1 saturated heterocycles. The normalized spacial score (nSPS) is 14.1. The molecular formula is C24H23N5O4S. The van der Waals surface area contributed by atoms with Crippen molar-refractivity contribution in [1.82, 2.24) is 24.8 Å². The number of amides is 1. The summed E-state index contributed by atoms with van der Waals surface area (Å²) >= 11 is 0. The van der Waals surface area contributed by atoms with Crippen molar-refractivity contribution in [2.75, 3.05) is 12.3 Å². The number of pyridine rings is 3. The van der Waals surface area contributed by atoms with Crippen molar-refractivity contribution in [3.05, 3.63) is 60.6 Å². The Morgan fingerprint density at radius 3 is 2.71 bits per heavy atom. The number of ether oxygens (including phenoxy) is 1. The molecule has 0 aromatic carbocycles. The van der Waals surface area contributed by atoms with E-state index in [-0.39, 0.29) is 16.7 Å². The molecular weight excluding hydrogens is 454 g/mol. The number of carbonyl (C=O) groups is 1. The summed E-state index contributed by atoms with van der Waals surface area (Å²) in [6.45, 7) is 2.56. The number of H-pyrrole nitrogens is 1. The fourth-order valence-corrected chi connectivity index (χ4v) is 4.66. The van der Waals surface area contributed by atoms with E-state index in [1.54, 1.807) is 24.1 Å². The first-order chi connectivity index (χ1) is 16.4. The highest BCUT2D eigenvalue weighted by Gasteiger charge is 2.23. The molecule has 5 heterocycles. The molecule has 0 spiro atoms. The van der Waals surface area contributed by atoms with Gasteiger partial charge in [-0.1, -0.05) is 13.0 Å². The van der Waals surface area contributed by atoms with Gasteiger partial charge in [0.05, 0.1) is 29.9 Å². The molecule has 10 heteroatoms. The monoisotopic (exact) mass is 477 g/mol. The van der Waals surface area contributed by atoms with Crippen LogP contribution in [0.4, 0.5) is 0 Å². The first-order valence-electron chi connectivity index (χ1n) is 11.0. The van der Waals surface area contributed by atoms with Crippen LogP contribution in [0, 0.1) is 0 Å². The maximum absolute atomic E-state index is 12.2. The number of fused-ring (bicyclic) bond motifs is 1. The third-order valence-corrected chi connectivity index (χ3v) is 7.37. The van der Waals surface area contributed by atoms with Gasteiger partial charge < -0.3 is 14.6 Å². The van der Waals surface area contributed by atoms with Crippen LogP contribution in [0.1, 0.15) is 25.5 Å². The molecule has 1 aliphatic heterocycles. The van der Waals surface area contributed by atoms with E-state index in [1.807, 2.05) is 30.3 Å². The van der Waals surface area contributed by atoms with Gasteiger partial charge in [0.1, 0.15) is 17.1 Å². The fourth-order valence-electron chi connectivity index (χ4n) is 3.88. The lowest BCUT2D eigenvalue weighted by Gasteiger charge is -2.17. The van der Waals surface area contributed by atoms with Gasteiger partial charge in [-0.3, -0.25) is 9.78 Å². The van der Waals surface area contributed by atoms with Crippen molar-refractivity contribution in [3.63, 3.8) is 0 Å². The van der Waals surface area contributed by atoms with Crippen molar-refractivity contribution in [3.8, 4) is 22.9 Å². The van der Waals surface area contributed by atoms with Crippen molar-refractivity contribution in [2.24, 2.45) is 0 Å². The predicted octanol–water partition coefficient (Wildman–Crippen LogP) is 3.73. The minimum Gasteiger partial charge on any atom is -0.454 e. The van der Waals surface area contributed by atoms with Gasteiger partial charge in [-0.25, -0.2) is 18.4 Å². The lowest BCUT2D eigenvalue weighted by molar-refractivity contribution is -0.128. The van der Waals surface area contributed by atoms with Gasteiger partial charge >= 0.3 is 0 Å². The molecule has 1 aliphatic rings. The molecule has 0 radical (unpaired) electrons. The molecule has 1 N–H and O–H groups in total. The molecule has 0 bridgehead atoms. The van der Waals surface area contributed by atoms with Crippen LogP contribution in [0.25, 0.3) is 22.4 Å². The molecule has 4 aromatic rings. The van der Waals surface area contributed by atoms with Crippen LogP contribution in [0.15, 0.2) is 59.9 Å². The highest BCUT2D eigenvalue weighted by atomic mass is 32.2. The number of likely N-dealkylation sites (tertiary alicyclic amines) is 1. The van der Waals surface area contributed by atoms with Gasteiger partial charge in [0.2, 0.25) is 5.91 Å². The summed E-state index contributed by atoms with van der Waals surface area (Å²) in [7, 11) is -3.40. The van der Waals surface area contributed by atoms with E-state index < -0.39 is 9.84 Å². The number of hydrogen-bond donors (Lipinski definition) is 1. The third kappa shape index (κ3) is 4.36. The first-order valence-corrected chi connectivity index (χ1v) is 12.7. The van der Waals surface area contributed by atoms with E-state index in [1.165, 1.54) is 12.3 Å². The van der Waals surface area contributed by atoms with Crippen LogP contribution in [0.2, 0.25) is 0 Å². The summed E-state index contributed by atoms with van der Waals surface area (Å²) in [5.41, 5.74) is 2.87. The second-order valence-corrected chi connectivity index (χ2v) is 10.3. The summed E-state index contributed by atoms with van der Waals surface area (Å²) < 4.78 is 30.2. The van der Waals surface area contributed by atoms with Crippen molar-refractivity contribution < 1.29 is 17.9 Å². The number of sulfone groups is 1. The second kappa shape index (κ2) is 8.86. The Labute approximate surface area is 196 Å². The smallest absolute Gasteiger partial charge is 0.222 e. The number of rotatable bonds is 7. The van der Waals surface area contributed by atoms with Crippen molar-refractivity contribution in [1.29, 1.82) is 0 Å². The average Bonchev–Trinajstić information content (AvgIpc) is 3.45. The molecule has 1 amide bonds. The number of carbonyl (C=O) groups excluding carboxylic acids is 1. The van der Waals surface area contributed by atoms with E-state index in [9.17, 15) is 13.2 Å². The Balaban J connectivity index is 1.52. The molecule has 34 heavy (non-hydrogen) atoms. The molecule has 174 valence electrons. The van der Waals surface area contributed by atoms with Crippen LogP contribution in [-0.4, -0.2) is 51.5 Å². The maximum Gasteiger partial charge on any atom is 0.222 e. The average molecular weight is 478 g/mol. The van der Waals surface area contributed by atoms with Gasteiger partial charge in [-0.2, -0.15) is 0 Å². The van der Waals surface area contributed by atoms with E-state index in [0.717, 1.165) is 23.2 Å². The number of aromatic nitrogens is 4. The quantitative estimate of drug-likeness (QED) is 0.431. The van der Waals surface area contributed by atoms with Crippen LogP contribution in [-0.2, 0) is 21.2 Å². The van der Waals surface area contributed by atoms with Gasteiger partial charge in [-0.15, -0.1) is 0 Å². The molecule has 0 atom stereocenters. The lowest BCUT2D eigenvalue weighted by Crippen LogP contribution is -2.24. The zero-order chi connectivity index (χ0) is 23.7. The van der Waals surface area contributed by atoms with Gasteiger partial charge in [0, 0.05) is 24.5 Å². The zero-order valence-electron chi connectivity index (χ0n) is 18.6. The summed E-state index contributed by atoms with van der Waals surface area (Å²) in [5.74, 6) is 0.919. The number of aromatic amines is 1. The van der Waals surface area contributed by atoms with Crippen molar-refractivity contribution >= 4 is 26.8 Å². The lowest BCUT2D eigenvalue weighted by atomic mass is 10.2. The van der Waals surface area contributed by atoms with E-state index >= 15 is 0 Å². The van der Waals surface area contributed by atoms with Crippen LogP contribution >= 0.6 is 0 Å². The standard InChI is InChI=1S/C24H23N5O4S/c1-2-34(31,32)22-9-8-17(14-26-22)33-21-13-16-12-19(18-6-3-4-10-25-18)27-24(16)28-20(21)15-29-11-5-7-23(29)30/h3-4,6,8-10,12-14H,2,5,7,11,15H2,1H3,(H,27,28). The largest absolute Gasteiger partial charge is 0.454 e. The Bertz CT molecular complexity index is 1450. The summed E-state index contributed by atoms with van der Waals surface area (Å²) in [6.07, 6.45) is 4.46. The highest BCUT2D eigenvalue weighted by molar-refractivity contribution is 7.91. The van der Waals surface area contributed by atoms with E-state index in [2.05, 4.69) is 15.0 Å². The first kappa shape index (κ1) is 22.0. The molecule has 1 fully saturated rings. The summed E-state index contributed by atoms with van der Waals surface area (Å²) in [4.78, 5) is 30.5. The number of nitrogens with zero attached hydrogens (tertiary/aromatic N) is 4. The Hall–Kier alpha value is -3.79. The second-order valence-electron chi connectivity index (χ2n) is 8.03. The molecule has 0 aliphatic carbocycles. The van der Waals surface area contributed by atoms with Crippen LogP contribution in [0.5, 0.6) is 11.5 Å². The Morgan fingerprint density at radius 2 is 2.03 bits per heavy atom. The topological polar surface area (TPSA) is 118 Å². The fraction of sp³-hybridized carbons (Fsp3) is 0.250. The molecule has 9 nitrogen and oxygen atoms in total. The van der Waals surface area contributed by atoms with E-state index in [4.69, 9.17) is 9.72 Å². The Kier molecular flexibility index (Phi) is 5.74. The molecule has 0 saturated carbocycles. The van der Waals surface area contributed by atoms with Crippen LogP contribution in [0.3, 0.4) is 0 Å². The molecule has 0 unspecified atom stereocenters. The summed E-state index contributed by atoms with van der Waals surface area (Å²) in [6, 6.07) is 12.5. The van der Waals surface area contributed by atoms with Crippen LogP contribution < -0.4 is 4.74 Å². The van der Waals surface area contributed by atoms with Gasteiger partial charge in [-0.05, 0) is 42.8 Å². The SMILES string of the molecule is CCS(=O)(=O)c1ccc(Oc2cc3cc(-c4ccccn4)[nH]c3nc2CN2CCCC2=O)cn1. The summed E-state index contributed by atoms with van der Waals surface area (Å²) in [5, 5.41) is 0.828. The molecule has 5 rings (SSSR count). The predicted molar refractivity (Wildman–Crippen MR) is 126 cm³/mol. The third-order valence-electron chi connectivity index (χ3n) is 5.73.